The first-order valence-corrected chi connectivity index (χ1v) is 9.62. The Labute approximate surface area is 175 Å². The minimum absolute atomic E-state index is 0. The Morgan fingerprint density at radius 2 is 1.85 bits per heavy atom. The van der Waals surface area contributed by atoms with Crippen molar-refractivity contribution < 1.29 is 17.2 Å². The van der Waals surface area contributed by atoms with Crippen LogP contribution < -0.4 is 5.32 Å². The lowest BCUT2D eigenvalue weighted by atomic mass is 10.2. The predicted molar refractivity (Wildman–Crippen MR) is 113 cm³/mol. The molecule has 5 nitrogen and oxygen atoms in total. The highest BCUT2D eigenvalue weighted by Gasteiger charge is 2.18. The van der Waals surface area contributed by atoms with Gasteiger partial charge in [-0.05, 0) is 29.8 Å². The lowest BCUT2D eigenvalue weighted by molar-refractivity contribution is 0.476. The van der Waals surface area contributed by atoms with Gasteiger partial charge in [0, 0.05) is 27.2 Å². The molecule has 1 N–H and O–H groups in total. The van der Waals surface area contributed by atoms with Gasteiger partial charge in [-0.2, -0.15) is 0 Å². The van der Waals surface area contributed by atoms with Crippen molar-refractivity contribution in [2.45, 2.75) is 11.4 Å². The number of benzene rings is 2. The van der Waals surface area contributed by atoms with Crippen LogP contribution in [0.1, 0.15) is 5.56 Å². The summed E-state index contributed by atoms with van der Waals surface area (Å²) >= 11 is 0. The molecule has 0 spiro atoms. The number of hydrogen-bond acceptors (Lipinski definition) is 3. The van der Waals surface area contributed by atoms with Gasteiger partial charge in [-0.3, -0.25) is 4.99 Å². The summed E-state index contributed by atoms with van der Waals surface area (Å²) in [6.45, 7) is 0.467. The Hall–Kier alpha value is -1.75. The standard InChI is InChI=1S/C18H21F2N3O2S.HI/c1-21-18(23(2)13-14-6-5-7-15(19)12-14)22-10-11-26(24,25)17-9-4-3-8-16(17)20;/h3-9,12H,10-11,13H2,1-2H3,(H,21,22);1H. The molecule has 0 aliphatic rings. The Balaban J connectivity index is 0.00000364. The van der Waals surface area contributed by atoms with E-state index < -0.39 is 15.7 Å². The molecule has 0 saturated carbocycles. The SMILES string of the molecule is CN=C(NCCS(=O)(=O)c1ccccc1F)N(C)Cc1cccc(F)c1.I. The van der Waals surface area contributed by atoms with Crippen molar-refractivity contribution in [3.05, 3.63) is 65.7 Å². The first-order chi connectivity index (χ1) is 12.3. The summed E-state index contributed by atoms with van der Waals surface area (Å²) in [7, 11) is -0.425. The van der Waals surface area contributed by atoms with Crippen molar-refractivity contribution in [2.75, 3.05) is 26.4 Å². The van der Waals surface area contributed by atoms with E-state index in [0.29, 0.717) is 12.5 Å². The van der Waals surface area contributed by atoms with Crippen LogP contribution in [0, 0.1) is 11.6 Å². The fraction of sp³-hybridized carbons (Fsp3) is 0.278. The molecule has 0 aromatic heterocycles. The summed E-state index contributed by atoms with van der Waals surface area (Å²) in [6, 6.07) is 11.5. The second kappa shape index (κ2) is 10.5. The van der Waals surface area contributed by atoms with E-state index in [9.17, 15) is 17.2 Å². The minimum Gasteiger partial charge on any atom is -0.355 e. The van der Waals surface area contributed by atoms with Crippen LogP contribution in [0.15, 0.2) is 58.4 Å². The molecule has 9 heteroatoms. The second-order valence-corrected chi connectivity index (χ2v) is 7.79. The van der Waals surface area contributed by atoms with E-state index in [1.165, 1.54) is 30.3 Å². The number of rotatable bonds is 6. The summed E-state index contributed by atoms with van der Waals surface area (Å²) in [5.74, 6) is -0.909. The highest BCUT2D eigenvalue weighted by atomic mass is 127. The zero-order valence-electron chi connectivity index (χ0n) is 15.0. The molecule has 0 saturated heterocycles. The largest absolute Gasteiger partial charge is 0.355 e. The predicted octanol–water partition coefficient (Wildman–Crippen LogP) is 3.06. The van der Waals surface area contributed by atoms with Crippen LogP contribution in [0.3, 0.4) is 0 Å². The topological polar surface area (TPSA) is 61.8 Å². The van der Waals surface area contributed by atoms with Gasteiger partial charge in [-0.15, -0.1) is 24.0 Å². The van der Waals surface area contributed by atoms with Crippen molar-refractivity contribution in [1.29, 1.82) is 0 Å². The molecule has 148 valence electrons. The summed E-state index contributed by atoms with van der Waals surface area (Å²) in [4.78, 5) is 5.51. The molecule has 27 heavy (non-hydrogen) atoms. The number of hydrogen-bond donors (Lipinski definition) is 1. The number of sulfone groups is 1. The van der Waals surface area contributed by atoms with Crippen LogP contribution in [-0.2, 0) is 16.4 Å². The maximum absolute atomic E-state index is 13.7. The molecule has 0 amide bonds. The van der Waals surface area contributed by atoms with Gasteiger partial charge in [0.05, 0.1) is 5.75 Å². The van der Waals surface area contributed by atoms with E-state index in [1.807, 2.05) is 0 Å². The molecule has 0 aliphatic carbocycles. The molecule has 0 fully saturated rings. The highest BCUT2D eigenvalue weighted by Crippen LogP contribution is 2.14. The van der Waals surface area contributed by atoms with Gasteiger partial charge in [0.1, 0.15) is 16.5 Å². The van der Waals surface area contributed by atoms with Crippen molar-refractivity contribution in [3.8, 4) is 0 Å². The third-order valence-corrected chi connectivity index (χ3v) is 5.45. The quantitative estimate of drug-likeness (QED) is 0.370. The lowest BCUT2D eigenvalue weighted by Gasteiger charge is -2.22. The molecule has 2 aromatic carbocycles. The van der Waals surface area contributed by atoms with Crippen LogP contribution in [-0.4, -0.2) is 45.7 Å². The minimum atomic E-state index is -3.75. The van der Waals surface area contributed by atoms with E-state index in [4.69, 9.17) is 0 Å². The Bertz CT molecular complexity index is 892. The van der Waals surface area contributed by atoms with Crippen LogP contribution in [0.5, 0.6) is 0 Å². The monoisotopic (exact) mass is 509 g/mol. The molecule has 0 bridgehead atoms. The van der Waals surface area contributed by atoms with Crippen LogP contribution in [0.2, 0.25) is 0 Å². The van der Waals surface area contributed by atoms with Gasteiger partial charge in [0.25, 0.3) is 0 Å². The maximum atomic E-state index is 13.7. The zero-order valence-corrected chi connectivity index (χ0v) is 18.2. The summed E-state index contributed by atoms with van der Waals surface area (Å²) in [5, 5.41) is 2.93. The van der Waals surface area contributed by atoms with E-state index in [2.05, 4.69) is 10.3 Å². The van der Waals surface area contributed by atoms with Gasteiger partial charge in [-0.1, -0.05) is 24.3 Å². The molecule has 2 rings (SSSR count). The van der Waals surface area contributed by atoms with Gasteiger partial charge >= 0.3 is 0 Å². The average Bonchev–Trinajstić information content (AvgIpc) is 2.59. The Morgan fingerprint density at radius 1 is 1.15 bits per heavy atom. The number of nitrogens with one attached hydrogen (secondary N) is 1. The van der Waals surface area contributed by atoms with E-state index >= 15 is 0 Å². The number of nitrogens with zero attached hydrogens (tertiary/aromatic N) is 2. The Morgan fingerprint density at radius 3 is 2.48 bits per heavy atom. The van der Waals surface area contributed by atoms with Crippen molar-refractivity contribution in [1.82, 2.24) is 10.2 Å². The number of halogens is 3. The fourth-order valence-corrected chi connectivity index (χ4v) is 3.71. The third kappa shape index (κ3) is 6.73. The summed E-state index contributed by atoms with van der Waals surface area (Å²) < 4.78 is 51.4. The first-order valence-electron chi connectivity index (χ1n) is 7.97. The van der Waals surface area contributed by atoms with E-state index in [0.717, 1.165) is 11.6 Å². The molecule has 0 atom stereocenters. The van der Waals surface area contributed by atoms with E-state index in [1.54, 1.807) is 31.1 Å². The zero-order chi connectivity index (χ0) is 19.2. The van der Waals surface area contributed by atoms with Crippen molar-refractivity contribution in [2.24, 2.45) is 4.99 Å². The fourth-order valence-electron chi connectivity index (χ4n) is 2.47. The Kier molecular flexibility index (Phi) is 9.10. The number of guanidine groups is 1. The molecule has 0 unspecified atom stereocenters. The van der Waals surface area contributed by atoms with Gasteiger partial charge in [-0.25, -0.2) is 17.2 Å². The van der Waals surface area contributed by atoms with Crippen molar-refractivity contribution >= 4 is 39.8 Å². The summed E-state index contributed by atoms with van der Waals surface area (Å²) in [6.07, 6.45) is 0. The van der Waals surface area contributed by atoms with Gasteiger partial charge in [0.2, 0.25) is 0 Å². The molecule has 0 heterocycles. The van der Waals surface area contributed by atoms with Crippen LogP contribution in [0.25, 0.3) is 0 Å². The van der Waals surface area contributed by atoms with Crippen LogP contribution >= 0.6 is 24.0 Å². The molecular weight excluding hydrogens is 487 g/mol. The van der Waals surface area contributed by atoms with E-state index in [-0.39, 0.29) is 47.0 Å². The molecule has 0 aliphatic heterocycles. The lowest BCUT2D eigenvalue weighted by Crippen LogP contribution is -2.40. The summed E-state index contributed by atoms with van der Waals surface area (Å²) in [5.41, 5.74) is 0.759. The highest BCUT2D eigenvalue weighted by molar-refractivity contribution is 14.0. The normalized spacial score (nSPS) is 11.6. The second-order valence-electron chi connectivity index (χ2n) is 5.71. The third-order valence-electron chi connectivity index (χ3n) is 3.71. The number of aliphatic imine (C=N–C) groups is 1. The molecular formula is C18H22F2IN3O2S. The smallest absolute Gasteiger partial charge is 0.193 e. The van der Waals surface area contributed by atoms with Gasteiger partial charge < -0.3 is 10.2 Å². The van der Waals surface area contributed by atoms with Gasteiger partial charge in [0.15, 0.2) is 15.8 Å². The van der Waals surface area contributed by atoms with Crippen molar-refractivity contribution in [3.63, 3.8) is 0 Å². The maximum Gasteiger partial charge on any atom is 0.193 e. The van der Waals surface area contributed by atoms with Crippen LogP contribution in [0.4, 0.5) is 8.78 Å². The first kappa shape index (κ1) is 23.3. The molecule has 0 radical (unpaired) electrons. The molecule has 2 aromatic rings. The average molecular weight is 509 g/mol.